The Morgan fingerprint density at radius 3 is 2.72 bits per heavy atom. The van der Waals surface area contributed by atoms with Crippen LogP contribution in [0.15, 0.2) is 35.8 Å². The number of carboxylic acid groups (broad SMARTS) is 1. The van der Waals surface area contributed by atoms with E-state index in [1.54, 1.807) is 19.1 Å². The average molecular weight is 330 g/mol. The first-order chi connectivity index (χ1) is 8.54. The second kappa shape index (κ2) is 5.40. The van der Waals surface area contributed by atoms with Crippen LogP contribution in [0.5, 0.6) is 0 Å². The van der Waals surface area contributed by atoms with E-state index in [4.69, 9.17) is 8.83 Å². The summed E-state index contributed by atoms with van der Waals surface area (Å²) in [5.74, 6) is -0.607. The molecule has 2 rings (SSSR count). The molecule has 0 N–H and O–H groups in total. The summed E-state index contributed by atoms with van der Waals surface area (Å²) in [5.41, 5.74) is 0. The molecule has 0 amide bonds. The molecule has 0 aliphatic heterocycles. The fourth-order valence-corrected chi connectivity index (χ4v) is 2.09. The molecule has 0 saturated carbocycles. The topological polar surface area (TPSA) is 92.2 Å². The van der Waals surface area contributed by atoms with Crippen LogP contribution in [0.2, 0.25) is 0 Å². The summed E-state index contributed by atoms with van der Waals surface area (Å²) in [6.45, 7) is 1.61. The second-order valence-corrected chi connectivity index (χ2v) is 4.90. The second-order valence-electron chi connectivity index (χ2n) is 3.13. The molecule has 0 aliphatic rings. The summed E-state index contributed by atoms with van der Waals surface area (Å²) in [4.78, 5) is 10.9. The van der Waals surface area contributed by atoms with Crippen molar-refractivity contribution in [3.05, 3.63) is 33.4 Å². The lowest BCUT2D eigenvalue weighted by atomic mass is 10.4. The molecule has 0 aliphatic carbocycles. The smallest absolute Gasteiger partial charge is 0.281 e. The molecule has 6 nitrogen and oxygen atoms in total. The molecule has 8 heteroatoms. The number of aliphatic carboxylic acids is 1. The monoisotopic (exact) mass is 329 g/mol. The number of carbonyl (C=O) groups excluding carboxylic acids is 1. The Kier molecular flexibility index (Phi) is 3.87. The molecular formula is C10H6BrN2O4S-. The van der Waals surface area contributed by atoms with Crippen molar-refractivity contribution >= 4 is 39.7 Å². The van der Waals surface area contributed by atoms with E-state index in [1.165, 1.54) is 6.08 Å². The van der Waals surface area contributed by atoms with Gasteiger partial charge in [-0.25, -0.2) is 0 Å². The van der Waals surface area contributed by atoms with E-state index in [0.717, 1.165) is 11.8 Å². The minimum atomic E-state index is -1.34. The summed E-state index contributed by atoms with van der Waals surface area (Å²) in [6.07, 6.45) is 1.32. The molecule has 0 saturated heterocycles. The number of halogens is 1. The van der Waals surface area contributed by atoms with Crippen LogP contribution in [-0.4, -0.2) is 16.2 Å². The van der Waals surface area contributed by atoms with E-state index in [2.05, 4.69) is 26.1 Å². The SMILES string of the molecule is Cc1nnc(S/C(=C/c2ccc(Br)o2)C(=O)[O-])o1. The third-order valence-corrected chi connectivity index (χ3v) is 3.04. The lowest BCUT2D eigenvalue weighted by Crippen LogP contribution is -2.22. The number of rotatable bonds is 4. The number of aryl methyl sites for hydroxylation is 1. The first kappa shape index (κ1) is 12.9. The number of furan rings is 1. The Bertz CT molecular complexity index is 605. The molecule has 2 aromatic rings. The fourth-order valence-electron chi connectivity index (χ4n) is 1.08. The van der Waals surface area contributed by atoms with Crippen LogP contribution < -0.4 is 5.11 Å². The van der Waals surface area contributed by atoms with E-state index in [1.807, 2.05) is 0 Å². The van der Waals surface area contributed by atoms with Crippen LogP contribution >= 0.6 is 27.7 Å². The Hall–Kier alpha value is -1.54. The first-order valence-corrected chi connectivity index (χ1v) is 6.32. The Morgan fingerprint density at radius 1 is 1.44 bits per heavy atom. The van der Waals surface area contributed by atoms with Gasteiger partial charge in [0.25, 0.3) is 5.22 Å². The minimum absolute atomic E-state index is 0.0829. The highest BCUT2D eigenvalue weighted by molar-refractivity contribution is 9.10. The van der Waals surface area contributed by atoms with Gasteiger partial charge >= 0.3 is 0 Å². The molecule has 0 spiro atoms. The van der Waals surface area contributed by atoms with Crippen molar-refractivity contribution in [1.82, 2.24) is 10.2 Å². The summed E-state index contributed by atoms with van der Waals surface area (Å²) < 4.78 is 10.8. The zero-order chi connectivity index (χ0) is 13.1. The summed E-state index contributed by atoms with van der Waals surface area (Å²) in [7, 11) is 0. The van der Waals surface area contributed by atoms with Gasteiger partial charge in [0.1, 0.15) is 5.76 Å². The van der Waals surface area contributed by atoms with Gasteiger partial charge in [0.2, 0.25) is 5.89 Å². The van der Waals surface area contributed by atoms with Gasteiger partial charge in [-0.15, -0.1) is 10.2 Å². The largest absolute Gasteiger partial charge is 0.544 e. The molecule has 0 bridgehead atoms. The molecule has 0 aromatic carbocycles. The predicted molar refractivity (Wildman–Crippen MR) is 64.3 cm³/mol. The Labute approximate surface area is 114 Å². The maximum atomic E-state index is 11.0. The number of aromatic nitrogens is 2. The van der Waals surface area contributed by atoms with Crippen LogP contribution in [-0.2, 0) is 4.79 Å². The van der Waals surface area contributed by atoms with Gasteiger partial charge in [-0.2, -0.15) is 0 Å². The Morgan fingerprint density at radius 2 is 2.22 bits per heavy atom. The molecule has 0 radical (unpaired) electrons. The quantitative estimate of drug-likeness (QED) is 0.621. The molecule has 0 fully saturated rings. The van der Waals surface area contributed by atoms with Crippen molar-refractivity contribution in [3.63, 3.8) is 0 Å². The van der Waals surface area contributed by atoms with Gasteiger partial charge < -0.3 is 18.7 Å². The van der Waals surface area contributed by atoms with Crippen LogP contribution in [0.25, 0.3) is 6.08 Å². The normalized spacial score (nSPS) is 11.8. The van der Waals surface area contributed by atoms with Crippen molar-refractivity contribution < 1.29 is 18.7 Å². The highest BCUT2D eigenvalue weighted by Crippen LogP contribution is 2.27. The first-order valence-electron chi connectivity index (χ1n) is 4.71. The molecule has 18 heavy (non-hydrogen) atoms. The van der Waals surface area contributed by atoms with Crippen molar-refractivity contribution in [2.45, 2.75) is 12.1 Å². The molecule has 0 unspecified atom stereocenters. The van der Waals surface area contributed by atoms with Gasteiger partial charge in [-0.05, 0) is 45.9 Å². The number of hydrogen-bond donors (Lipinski definition) is 0. The van der Waals surface area contributed by atoms with Crippen molar-refractivity contribution in [2.75, 3.05) is 0 Å². The van der Waals surface area contributed by atoms with Crippen molar-refractivity contribution in [1.29, 1.82) is 0 Å². The van der Waals surface area contributed by atoms with E-state index in [0.29, 0.717) is 16.3 Å². The summed E-state index contributed by atoms with van der Waals surface area (Å²) in [5, 5.41) is 18.4. The molecule has 2 aromatic heterocycles. The molecule has 94 valence electrons. The number of carboxylic acids is 1. The number of nitrogens with zero attached hydrogens (tertiary/aromatic N) is 2. The van der Waals surface area contributed by atoms with E-state index >= 15 is 0 Å². The fraction of sp³-hybridized carbons (Fsp3) is 0.100. The van der Waals surface area contributed by atoms with Crippen LogP contribution in [0.3, 0.4) is 0 Å². The van der Waals surface area contributed by atoms with E-state index in [9.17, 15) is 9.90 Å². The third-order valence-electron chi connectivity index (χ3n) is 1.77. The number of thioether (sulfide) groups is 1. The van der Waals surface area contributed by atoms with Gasteiger partial charge in [0.05, 0.1) is 5.97 Å². The van der Waals surface area contributed by atoms with Crippen molar-refractivity contribution in [3.8, 4) is 0 Å². The Balaban J connectivity index is 2.23. The zero-order valence-electron chi connectivity index (χ0n) is 9.05. The third kappa shape index (κ3) is 3.23. The lowest BCUT2D eigenvalue weighted by Gasteiger charge is -2.03. The predicted octanol–water partition coefficient (Wildman–Crippen LogP) is 1.62. The minimum Gasteiger partial charge on any atom is -0.544 e. The van der Waals surface area contributed by atoms with Crippen molar-refractivity contribution in [2.24, 2.45) is 0 Å². The standard InChI is InChI=1S/C10H7BrN2O4S/c1-5-12-13-10(16-5)18-7(9(14)15)4-6-2-3-8(11)17-6/h2-4H,1H3,(H,14,15)/p-1/b7-4+. The van der Waals surface area contributed by atoms with Gasteiger partial charge in [-0.1, -0.05) is 0 Å². The maximum Gasteiger partial charge on any atom is 0.281 e. The van der Waals surface area contributed by atoms with Gasteiger partial charge in [0.15, 0.2) is 4.67 Å². The molecule has 0 atom stereocenters. The van der Waals surface area contributed by atoms with Crippen LogP contribution in [0.4, 0.5) is 0 Å². The van der Waals surface area contributed by atoms with Gasteiger partial charge in [-0.3, -0.25) is 0 Å². The lowest BCUT2D eigenvalue weighted by molar-refractivity contribution is -0.298. The highest BCUT2D eigenvalue weighted by atomic mass is 79.9. The summed E-state index contributed by atoms with van der Waals surface area (Å²) in [6, 6.07) is 3.27. The highest BCUT2D eigenvalue weighted by Gasteiger charge is 2.09. The van der Waals surface area contributed by atoms with Crippen LogP contribution in [0, 0.1) is 6.92 Å². The van der Waals surface area contributed by atoms with E-state index in [-0.39, 0.29) is 10.1 Å². The van der Waals surface area contributed by atoms with E-state index < -0.39 is 5.97 Å². The van der Waals surface area contributed by atoms with Crippen LogP contribution in [0.1, 0.15) is 11.7 Å². The molecular weight excluding hydrogens is 324 g/mol. The number of carbonyl (C=O) groups is 1. The molecule has 2 heterocycles. The zero-order valence-corrected chi connectivity index (χ0v) is 11.4. The number of hydrogen-bond acceptors (Lipinski definition) is 7. The maximum absolute atomic E-state index is 11.0. The van der Waals surface area contributed by atoms with Gasteiger partial charge in [0, 0.05) is 11.8 Å². The average Bonchev–Trinajstić information content (AvgIpc) is 2.87. The summed E-state index contributed by atoms with van der Waals surface area (Å²) >= 11 is 3.93.